The van der Waals surface area contributed by atoms with Crippen molar-refractivity contribution in [2.75, 3.05) is 0 Å². The lowest BCUT2D eigenvalue weighted by Gasteiger charge is -2.22. The van der Waals surface area contributed by atoms with Crippen LogP contribution >= 0.6 is 0 Å². The lowest BCUT2D eigenvalue weighted by atomic mass is 9.83. The Morgan fingerprint density at radius 2 is 1.82 bits per heavy atom. The van der Waals surface area contributed by atoms with Crippen molar-refractivity contribution in [2.45, 2.75) is 40.5 Å². The van der Waals surface area contributed by atoms with E-state index in [9.17, 15) is 0 Å². The highest BCUT2D eigenvalue weighted by molar-refractivity contribution is 5.03. The quantitative estimate of drug-likeness (QED) is 0.465. The van der Waals surface area contributed by atoms with Gasteiger partial charge in [-0.3, -0.25) is 0 Å². The summed E-state index contributed by atoms with van der Waals surface area (Å²) in [6, 6.07) is 0. The van der Waals surface area contributed by atoms with Crippen molar-refractivity contribution in [3.8, 4) is 0 Å². The molecule has 1 aliphatic rings. The van der Waals surface area contributed by atoms with Crippen molar-refractivity contribution >= 4 is 0 Å². The average molecular weight is 152 g/mol. The van der Waals surface area contributed by atoms with E-state index < -0.39 is 0 Å². The minimum absolute atomic E-state index is 0.877. The van der Waals surface area contributed by atoms with Gasteiger partial charge in [-0.2, -0.15) is 0 Å². The predicted octanol–water partition coefficient (Wildman–Crippen LogP) is 3.63. The molecule has 0 saturated carbocycles. The third-order valence-electron chi connectivity index (χ3n) is 3.28. The third-order valence-corrected chi connectivity index (χ3v) is 3.28. The van der Waals surface area contributed by atoms with E-state index in [0.29, 0.717) is 0 Å². The Bertz CT molecular complexity index is 155. The van der Waals surface area contributed by atoms with Gasteiger partial charge in [-0.05, 0) is 37.5 Å². The molecule has 3 atom stereocenters. The molecule has 0 aromatic rings. The summed E-state index contributed by atoms with van der Waals surface area (Å²) in [6.45, 7) is 9.41. The van der Waals surface area contributed by atoms with Gasteiger partial charge in [-0.25, -0.2) is 0 Å². The first kappa shape index (κ1) is 8.83. The summed E-state index contributed by atoms with van der Waals surface area (Å²) in [5.41, 5.74) is 1.59. The second kappa shape index (κ2) is 3.42. The molecule has 0 heteroatoms. The lowest BCUT2D eigenvalue weighted by Crippen LogP contribution is -2.14. The summed E-state index contributed by atoms with van der Waals surface area (Å²) >= 11 is 0. The molecule has 0 aromatic heterocycles. The van der Waals surface area contributed by atoms with E-state index in [1.54, 1.807) is 5.57 Å². The topological polar surface area (TPSA) is 0 Å². The Kier molecular flexibility index (Phi) is 2.75. The van der Waals surface area contributed by atoms with E-state index in [1.807, 2.05) is 0 Å². The first-order chi connectivity index (χ1) is 5.11. The zero-order chi connectivity index (χ0) is 8.43. The van der Waals surface area contributed by atoms with Crippen molar-refractivity contribution in [3.63, 3.8) is 0 Å². The van der Waals surface area contributed by atoms with Crippen LogP contribution in [0, 0.1) is 17.8 Å². The molecule has 64 valence electrons. The molecule has 0 radical (unpaired) electrons. The first-order valence-corrected chi connectivity index (χ1v) is 4.77. The number of hydrogen-bond acceptors (Lipinski definition) is 0. The monoisotopic (exact) mass is 152 g/mol. The van der Waals surface area contributed by atoms with Gasteiger partial charge in [0.2, 0.25) is 0 Å². The number of hydrogen-bond donors (Lipinski definition) is 0. The van der Waals surface area contributed by atoms with Gasteiger partial charge in [-0.1, -0.05) is 32.4 Å². The maximum atomic E-state index is 2.42. The second-order valence-electron chi connectivity index (χ2n) is 4.30. The van der Waals surface area contributed by atoms with Gasteiger partial charge in [0.15, 0.2) is 0 Å². The molecule has 0 saturated heterocycles. The standard InChI is InChI=1S/C11H20/c1-8-5-6-9(2)11(4)10(3)7-8/h5,9-11H,6-7H2,1-4H3. The van der Waals surface area contributed by atoms with Gasteiger partial charge in [0.1, 0.15) is 0 Å². The summed E-state index contributed by atoms with van der Waals surface area (Å²) in [5, 5.41) is 0. The molecule has 11 heavy (non-hydrogen) atoms. The molecule has 0 aliphatic heterocycles. The fourth-order valence-corrected chi connectivity index (χ4v) is 1.94. The molecule has 1 aliphatic carbocycles. The summed E-state index contributed by atoms with van der Waals surface area (Å²) in [5.74, 6) is 2.65. The molecular formula is C11H20. The van der Waals surface area contributed by atoms with Crippen LogP contribution in [0.15, 0.2) is 11.6 Å². The van der Waals surface area contributed by atoms with Crippen LogP contribution < -0.4 is 0 Å². The van der Waals surface area contributed by atoms with Crippen molar-refractivity contribution in [1.82, 2.24) is 0 Å². The molecule has 0 amide bonds. The normalized spacial score (nSPS) is 39.6. The van der Waals surface area contributed by atoms with Crippen LogP contribution in [0.25, 0.3) is 0 Å². The van der Waals surface area contributed by atoms with Crippen LogP contribution in [0.5, 0.6) is 0 Å². The van der Waals surface area contributed by atoms with E-state index in [2.05, 4.69) is 33.8 Å². The summed E-state index contributed by atoms with van der Waals surface area (Å²) in [7, 11) is 0. The molecule has 0 N–H and O–H groups in total. The first-order valence-electron chi connectivity index (χ1n) is 4.77. The van der Waals surface area contributed by atoms with Crippen LogP contribution in [0.4, 0.5) is 0 Å². The van der Waals surface area contributed by atoms with Gasteiger partial charge in [0.05, 0.1) is 0 Å². The molecule has 0 spiro atoms. The second-order valence-corrected chi connectivity index (χ2v) is 4.30. The van der Waals surface area contributed by atoms with Crippen molar-refractivity contribution in [2.24, 2.45) is 17.8 Å². The Morgan fingerprint density at radius 1 is 1.18 bits per heavy atom. The van der Waals surface area contributed by atoms with Crippen LogP contribution in [0.3, 0.4) is 0 Å². The predicted molar refractivity (Wildman–Crippen MR) is 50.5 cm³/mol. The Morgan fingerprint density at radius 3 is 2.45 bits per heavy atom. The maximum absolute atomic E-state index is 2.42. The van der Waals surface area contributed by atoms with Crippen LogP contribution in [-0.2, 0) is 0 Å². The lowest BCUT2D eigenvalue weighted by molar-refractivity contribution is 0.288. The Hall–Kier alpha value is -0.260. The highest BCUT2D eigenvalue weighted by Gasteiger charge is 2.20. The average Bonchev–Trinajstić information content (AvgIpc) is 2.05. The Labute approximate surface area is 70.7 Å². The number of allylic oxidation sites excluding steroid dienone is 2. The third kappa shape index (κ3) is 2.08. The zero-order valence-electron chi connectivity index (χ0n) is 8.22. The molecule has 0 heterocycles. The van der Waals surface area contributed by atoms with E-state index in [4.69, 9.17) is 0 Å². The smallest absolute Gasteiger partial charge is 0.0295 e. The van der Waals surface area contributed by atoms with Gasteiger partial charge >= 0.3 is 0 Å². The van der Waals surface area contributed by atoms with E-state index >= 15 is 0 Å². The van der Waals surface area contributed by atoms with Crippen molar-refractivity contribution in [1.29, 1.82) is 0 Å². The Balaban J connectivity index is 2.65. The SMILES string of the molecule is CC1=CCC(C)C(C)C(C)C1. The molecule has 0 nitrogen and oxygen atoms in total. The van der Waals surface area contributed by atoms with Gasteiger partial charge < -0.3 is 0 Å². The highest BCUT2D eigenvalue weighted by Crippen LogP contribution is 2.31. The van der Waals surface area contributed by atoms with Gasteiger partial charge in [-0.15, -0.1) is 0 Å². The maximum Gasteiger partial charge on any atom is -0.0295 e. The summed E-state index contributed by atoms with van der Waals surface area (Å²) in [4.78, 5) is 0. The van der Waals surface area contributed by atoms with Gasteiger partial charge in [0, 0.05) is 0 Å². The summed E-state index contributed by atoms with van der Waals surface area (Å²) in [6.07, 6.45) is 5.02. The van der Waals surface area contributed by atoms with Gasteiger partial charge in [0.25, 0.3) is 0 Å². The molecule has 0 aromatic carbocycles. The highest BCUT2D eigenvalue weighted by atomic mass is 14.3. The molecular weight excluding hydrogens is 132 g/mol. The summed E-state index contributed by atoms with van der Waals surface area (Å²) < 4.78 is 0. The van der Waals surface area contributed by atoms with E-state index in [0.717, 1.165) is 17.8 Å². The molecule has 0 fully saturated rings. The zero-order valence-corrected chi connectivity index (χ0v) is 8.22. The van der Waals surface area contributed by atoms with Crippen LogP contribution in [0.2, 0.25) is 0 Å². The van der Waals surface area contributed by atoms with Crippen molar-refractivity contribution in [3.05, 3.63) is 11.6 Å². The minimum atomic E-state index is 0.877. The van der Waals surface area contributed by atoms with E-state index in [-0.39, 0.29) is 0 Å². The fourth-order valence-electron chi connectivity index (χ4n) is 1.94. The molecule has 3 unspecified atom stereocenters. The van der Waals surface area contributed by atoms with Crippen LogP contribution in [-0.4, -0.2) is 0 Å². The van der Waals surface area contributed by atoms with Crippen molar-refractivity contribution < 1.29 is 0 Å². The number of rotatable bonds is 0. The minimum Gasteiger partial charge on any atom is -0.0853 e. The molecule has 1 rings (SSSR count). The molecule has 0 bridgehead atoms. The van der Waals surface area contributed by atoms with Crippen LogP contribution in [0.1, 0.15) is 40.5 Å². The van der Waals surface area contributed by atoms with E-state index in [1.165, 1.54) is 12.8 Å². The fraction of sp³-hybridized carbons (Fsp3) is 0.818. The largest absolute Gasteiger partial charge is 0.0853 e.